The highest BCUT2D eigenvalue weighted by Gasteiger charge is 2.24. The van der Waals surface area contributed by atoms with Crippen LogP contribution >= 0.6 is 11.3 Å². The Hall–Kier alpha value is -7.61. The van der Waals surface area contributed by atoms with Crippen LogP contribution in [-0.2, 0) is 0 Å². The van der Waals surface area contributed by atoms with Crippen molar-refractivity contribution < 1.29 is 8.83 Å². The van der Waals surface area contributed by atoms with E-state index in [1.165, 1.54) is 14.8 Å². The molecule has 5 aromatic heterocycles. The molecule has 0 fully saturated rings. The number of para-hydroxylation sites is 3. The summed E-state index contributed by atoms with van der Waals surface area (Å²) in [5.74, 6) is 1.78. The molecule has 0 aliphatic heterocycles. The molecule has 0 N–H and O–H groups in total. The van der Waals surface area contributed by atoms with Crippen molar-refractivity contribution in [3.63, 3.8) is 0 Å². The molecular weight excluding hydrogens is 733 g/mol. The third kappa shape index (κ3) is 4.50. The second kappa shape index (κ2) is 11.9. The molecule has 270 valence electrons. The summed E-state index contributed by atoms with van der Waals surface area (Å²) in [6.07, 6.45) is 0. The van der Waals surface area contributed by atoms with Crippen LogP contribution in [0.2, 0.25) is 0 Å². The van der Waals surface area contributed by atoms with Gasteiger partial charge in [0.2, 0.25) is 0 Å². The molecule has 0 radical (unpaired) electrons. The van der Waals surface area contributed by atoms with E-state index in [0.29, 0.717) is 17.5 Å². The van der Waals surface area contributed by atoms with E-state index in [4.69, 9.17) is 23.8 Å². The molecule has 5 heterocycles. The summed E-state index contributed by atoms with van der Waals surface area (Å²) < 4.78 is 18.1. The standard InChI is InChI=1S/C51H28N4O2S/c1-2-13-29(14-3-1)49-52-50(54-51(53-49)36-19-12-24-44-45(36)35-18-7-11-23-43(35)58-44)30-27-39(46-34-17-6-10-22-41(34)56-42(46)28-30)55-37-20-8-4-16-33(37)47-38(55)26-25-32-31-15-5-9-21-40(31)57-48(32)47/h1-28H. The van der Waals surface area contributed by atoms with Gasteiger partial charge in [0, 0.05) is 58.4 Å². The van der Waals surface area contributed by atoms with Crippen LogP contribution in [0.15, 0.2) is 179 Å². The second-order valence-corrected chi connectivity index (χ2v) is 15.8. The average Bonchev–Trinajstić information content (AvgIpc) is 4.05. The summed E-state index contributed by atoms with van der Waals surface area (Å²) in [4.78, 5) is 15.7. The molecule has 7 heteroatoms. The Morgan fingerprint density at radius 1 is 0.397 bits per heavy atom. The zero-order valence-corrected chi connectivity index (χ0v) is 31.5. The van der Waals surface area contributed by atoms with E-state index in [1.54, 1.807) is 11.3 Å². The van der Waals surface area contributed by atoms with Gasteiger partial charge in [-0.1, -0.05) is 115 Å². The Morgan fingerprint density at radius 3 is 1.93 bits per heavy atom. The fourth-order valence-corrected chi connectivity index (χ4v) is 10.1. The summed E-state index contributed by atoms with van der Waals surface area (Å²) in [7, 11) is 0. The third-order valence-electron chi connectivity index (χ3n) is 11.4. The van der Waals surface area contributed by atoms with Gasteiger partial charge in [0.05, 0.1) is 27.5 Å². The van der Waals surface area contributed by atoms with Crippen molar-refractivity contribution >= 4 is 97.2 Å². The minimum atomic E-state index is 0.560. The van der Waals surface area contributed by atoms with Crippen molar-refractivity contribution in [2.24, 2.45) is 0 Å². The zero-order valence-electron chi connectivity index (χ0n) is 30.7. The quantitative estimate of drug-likeness (QED) is 0.179. The first-order valence-corrected chi connectivity index (χ1v) is 20.1. The van der Waals surface area contributed by atoms with Gasteiger partial charge >= 0.3 is 0 Å². The summed E-state index contributed by atoms with van der Waals surface area (Å²) in [6.45, 7) is 0. The molecule has 13 aromatic rings. The molecule has 0 saturated heterocycles. The topological polar surface area (TPSA) is 69.9 Å². The molecule has 0 aliphatic rings. The van der Waals surface area contributed by atoms with E-state index in [1.807, 2.05) is 54.6 Å². The van der Waals surface area contributed by atoms with E-state index in [2.05, 4.69) is 120 Å². The minimum Gasteiger partial charge on any atom is -0.456 e. The summed E-state index contributed by atoms with van der Waals surface area (Å²) in [5, 5.41) is 8.77. The Kier molecular flexibility index (Phi) is 6.50. The average molecular weight is 761 g/mol. The number of furan rings is 2. The Balaban J connectivity index is 1.13. The Morgan fingerprint density at radius 2 is 1.07 bits per heavy atom. The fraction of sp³-hybridized carbons (Fsp3) is 0. The lowest BCUT2D eigenvalue weighted by Gasteiger charge is -2.13. The highest BCUT2D eigenvalue weighted by molar-refractivity contribution is 7.25. The number of hydrogen-bond acceptors (Lipinski definition) is 6. The van der Waals surface area contributed by atoms with Crippen LogP contribution in [-0.4, -0.2) is 19.5 Å². The Bertz CT molecular complexity index is 3820. The van der Waals surface area contributed by atoms with E-state index in [-0.39, 0.29) is 0 Å². The maximum Gasteiger partial charge on any atom is 0.164 e. The number of thiophene rings is 1. The molecule has 6 nitrogen and oxygen atoms in total. The van der Waals surface area contributed by atoms with Gasteiger partial charge in [0.1, 0.15) is 22.3 Å². The van der Waals surface area contributed by atoms with Crippen LogP contribution in [0.25, 0.3) is 126 Å². The van der Waals surface area contributed by atoms with Gasteiger partial charge in [-0.25, -0.2) is 15.0 Å². The SMILES string of the molecule is c1ccc(-c2nc(-c3cc(-n4c5ccccc5c5c6oc7ccccc7c6ccc54)c4c(c3)oc3ccccc34)nc(-c3cccc4sc5ccccc5c34)n2)cc1. The first-order chi connectivity index (χ1) is 28.7. The summed E-state index contributed by atoms with van der Waals surface area (Å²) >= 11 is 1.79. The van der Waals surface area contributed by atoms with E-state index in [9.17, 15) is 0 Å². The molecule has 0 spiro atoms. The van der Waals surface area contributed by atoms with Crippen LogP contribution in [0.4, 0.5) is 0 Å². The predicted octanol–water partition coefficient (Wildman–Crippen LogP) is 14.1. The van der Waals surface area contributed by atoms with Gasteiger partial charge in [0.15, 0.2) is 17.5 Å². The van der Waals surface area contributed by atoms with E-state index >= 15 is 0 Å². The lowest BCUT2D eigenvalue weighted by Crippen LogP contribution is -2.01. The van der Waals surface area contributed by atoms with Crippen LogP contribution < -0.4 is 0 Å². The Labute approximate surface area is 333 Å². The number of hydrogen-bond donors (Lipinski definition) is 0. The number of nitrogens with zero attached hydrogens (tertiary/aromatic N) is 4. The number of aromatic nitrogens is 4. The lowest BCUT2D eigenvalue weighted by molar-refractivity contribution is 0.669. The largest absolute Gasteiger partial charge is 0.456 e. The normalized spacial score (nSPS) is 12.1. The highest BCUT2D eigenvalue weighted by Crippen LogP contribution is 2.45. The highest BCUT2D eigenvalue weighted by atomic mass is 32.1. The van der Waals surface area contributed by atoms with Crippen molar-refractivity contribution in [3.05, 3.63) is 170 Å². The van der Waals surface area contributed by atoms with Crippen molar-refractivity contribution in [2.75, 3.05) is 0 Å². The minimum absolute atomic E-state index is 0.560. The first kappa shape index (κ1) is 31.6. The fourth-order valence-electron chi connectivity index (χ4n) is 8.94. The molecular formula is C51H28N4O2S. The molecule has 58 heavy (non-hydrogen) atoms. The van der Waals surface area contributed by atoms with Gasteiger partial charge in [-0.15, -0.1) is 11.3 Å². The molecule has 0 atom stereocenters. The zero-order chi connectivity index (χ0) is 37.9. The smallest absolute Gasteiger partial charge is 0.164 e. The van der Waals surface area contributed by atoms with Crippen LogP contribution in [0.1, 0.15) is 0 Å². The predicted molar refractivity (Wildman–Crippen MR) is 238 cm³/mol. The molecule has 0 bridgehead atoms. The van der Waals surface area contributed by atoms with Gasteiger partial charge in [-0.2, -0.15) is 0 Å². The number of fused-ring (bicyclic) bond motifs is 13. The number of rotatable bonds is 4. The monoisotopic (exact) mass is 760 g/mol. The van der Waals surface area contributed by atoms with Crippen LogP contribution in [0.5, 0.6) is 0 Å². The molecule has 8 aromatic carbocycles. The van der Waals surface area contributed by atoms with E-state index < -0.39 is 0 Å². The van der Waals surface area contributed by atoms with Crippen molar-refractivity contribution in [2.45, 2.75) is 0 Å². The van der Waals surface area contributed by atoms with Crippen molar-refractivity contribution in [1.82, 2.24) is 19.5 Å². The van der Waals surface area contributed by atoms with Gasteiger partial charge < -0.3 is 13.4 Å². The lowest BCUT2D eigenvalue weighted by atomic mass is 10.0. The van der Waals surface area contributed by atoms with Crippen LogP contribution in [0.3, 0.4) is 0 Å². The molecule has 0 unspecified atom stereocenters. The van der Waals surface area contributed by atoms with Gasteiger partial charge in [-0.3, -0.25) is 0 Å². The van der Waals surface area contributed by atoms with Crippen molar-refractivity contribution in [3.8, 4) is 39.9 Å². The summed E-state index contributed by atoms with van der Waals surface area (Å²) in [5.41, 5.74) is 9.08. The van der Waals surface area contributed by atoms with E-state index in [0.717, 1.165) is 93.4 Å². The number of benzene rings is 8. The molecule has 0 aliphatic carbocycles. The van der Waals surface area contributed by atoms with Crippen LogP contribution in [0, 0.1) is 0 Å². The molecule has 0 amide bonds. The second-order valence-electron chi connectivity index (χ2n) is 14.7. The maximum absolute atomic E-state index is 6.71. The molecule has 13 rings (SSSR count). The summed E-state index contributed by atoms with van der Waals surface area (Å²) in [6, 6.07) is 58.9. The third-order valence-corrected chi connectivity index (χ3v) is 12.6. The van der Waals surface area contributed by atoms with Gasteiger partial charge in [0.25, 0.3) is 0 Å². The first-order valence-electron chi connectivity index (χ1n) is 19.3. The molecule has 0 saturated carbocycles. The van der Waals surface area contributed by atoms with Gasteiger partial charge in [-0.05, 0) is 54.6 Å². The van der Waals surface area contributed by atoms with Crippen molar-refractivity contribution in [1.29, 1.82) is 0 Å². The maximum atomic E-state index is 6.71.